The van der Waals surface area contributed by atoms with E-state index in [4.69, 9.17) is 9.84 Å². The fourth-order valence-corrected chi connectivity index (χ4v) is 1.79. The molecule has 1 heterocycles. The van der Waals surface area contributed by atoms with Crippen LogP contribution < -0.4 is 4.74 Å². The zero-order valence-electron chi connectivity index (χ0n) is 9.80. The molecule has 0 spiro atoms. The van der Waals surface area contributed by atoms with Gasteiger partial charge in [-0.05, 0) is 12.1 Å². The van der Waals surface area contributed by atoms with Gasteiger partial charge in [0.2, 0.25) is 0 Å². The zero-order valence-corrected chi connectivity index (χ0v) is 9.80. The first kappa shape index (κ1) is 11.4. The summed E-state index contributed by atoms with van der Waals surface area (Å²) in [7, 11) is 3.49. The van der Waals surface area contributed by atoms with Gasteiger partial charge in [-0.2, -0.15) is 0 Å². The summed E-state index contributed by atoms with van der Waals surface area (Å²) < 4.78 is 7.05. The Hall–Kier alpha value is -2.04. The van der Waals surface area contributed by atoms with E-state index in [1.54, 1.807) is 7.11 Å². The highest BCUT2D eigenvalue weighted by molar-refractivity contribution is 5.78. The highest BCUT2D eigenvalue weighted by atomic mass is 16.5. The van der Waals surface area contributed by atoms with E-state index in [1.165, 1.54) is 0 Å². The minimum Gasteiger partial charge on any atom is -0.497 e. The molecule has 2 rings (SSSR count). The molecule has 0 aliphatic carbocycles. The van der Waals surface area contributed by atoms with Crippen LogP contribution in [0.5, 0.6) is 5.75 Å². The summed E-state index contributed by atoms with van der Waals surface area (Å²) in [5.74, 6) is 0.732. The molecule has 0 saturated heterocycles. The fourth-order valence-electron chi connectivity index (χ4n) is 1.79. The van der Waals surface area contributed by atoms with Gasteiger partial charge in [-0.15, -0.1) is 0 Å². The van der Waals surface area contributed by atoms with Gasteiger partial charge in [0.1, 0.15) is 11.6 Å². The molecular weight excluding hydrogens is 220 g/mol. The number of nitrogens with zero attached hydrogens (tertiary/aromatic N) is 2. The maximum absolute atomic E-state index is 10.5. The van der Waals surface area contributed by atoms with Crippen molar-refractivity contribution in [2.24, 2.45) is 7.05 Å². The number of methoxy groups -OCH3 is 1. The number of carbonyl (C=O) groups is 1. The summed E-state index contributed by atoms with van der Waals surface area (Å²) in [4.78, 5) is 14.9. The summed E-state index contributed by atoms with van der Waals surface area (Å²) in [5.41, 5.74) is 1.80. The summed E-state index contributed by atoms with van der Waals surface area (Å²) in [6.07, 6.45) is 0.525. The van der Waals surface area contributed by atoms with E-state index in [2.05, 4.69) is 4.98 Å². The van der Waals surface area contributed by atoms with Crippen LogP contribution in [0.15, 0.2) is 18.2 Å². The van der Waals surface area contributed by atoms with Crippen molar-refractivity contribution in [3.05, 3.63) is 24.0 Å². The van der Waals surface area contributed by atoms with E-state index < -0.39 is 5.97 Å². The lowest BCUT2D eigenvalue weighted by molar-refractivity contribution is -0.137. The van der Waals surface area contributed by atoms with Crippen molar-refractivity contribution in [2.75, 3.05) is 7.11 Å². The Morgan fingerprint density at radius 3 is 2.94 bits per heavy atom. The molecule has 0 saturated carbocycles. The molecule has 0 aliphatic rings. The van der Waals surface area contributed by atoms with Crippen LogP contribution >= 0.6 is 0 Å². The maximum atomic E-state index is 10.5. The van der Waals surface area contributed by atoms with Crippen molar-refractivity contribution >= 4 is 17.0 Å². The number of rotatable bonds is 4. The molecular formula is C12H14N2O3. The first-order valence-electron chi connectivity index (χ1n) is 5.33. The van der Waals surface area contributed by atoms with Crippen molar-refractivity contribution in [3.63, 3.8) is 0 Å². The Morgan fingerprint density at radius 2 is 2.29 bits per heavy atom. The Balaban J connectivity index is 2.38. The Labute approximate surface area is 98.6 Å². The Bertz CT molecular complexity index is 560. The van der Waals surface area contributed by atoms with Gasteiger partial charge in [0, 0.05) is 19.5 Å². The van der Waals surface area contributed by atoms with Gasteiger partial charge in [0.05, 0.1) is 24.6 Å². The molecule has 0 amide bonds. The third kappa shape index (κ3) is 2.22. The van der Waals surface area contributed by atoms with Crippen LogP contribution in [-0.2, 0) is 18.3 Å². The predicted octanol–water partition coefficient (Wildman–Crippen LogP) is 1.60. The number of aromatic nitrogens is 2. The lowest BCUT2D eigenvalue weighted by atomic mass is 10.3. The first-order valence-corrected chi connectivity index (χ1v) is 5.33. The highest BCUT2D eigenvalue weighted by Crippen LogP contribution is 2.21. The van der Waals surface area contributed by atoms with Gasteiger partial charge in [0.25, 0.3) is 0 Å². The SMILES string of the molecule is COc1ccc2nc(CCC(=O)O)n(C)c2c1. The number of benzene rings is 1. The van der Waals surface area contributed by atoms with Crippen molar-refractivity contribution in [1.29, 1.82) is 0 Å². The first-order chi connectivity index (χ1) is 8.11. The monoisotopic (exact) mass is 234 g/mol. The van der Waals surface area contributed by atoms with Crippen molar-refractivity contribution in [3.8, 4) is 5.75 Å². The molecule has 17 heavy (non-hydrogen) atoms. The molecule has 0 radical (unpaired) electrons. The molecule has 0 atom stereocenters. The number of hydrogen-bond donors (Lipinski definition) is 1. The van der Waals surface area contributed by atoms with Crippen LogP contribution in [0.2, 0.25) is 0 Å². The van der Waals surface area contributed by atoms with E-state index in [0.29, 0.717) is 6.42 Å². The summed E-state index contributed by atoms with van der Waals surface area (Å²) in [5, 5.41) is 8.67. The number of carboxylic acid groups (broad SMARTS) is 1. The van der Waals surface area contributed by atoms with Crippen LogP contribution in [0.25, 0.3) is 11.0 Å². The van der Waals surface area contributed by atoms with E-state index in [-0.39, 0.29) is 6.42 Å². The number of ether oxygens (including phenoxy) is 1. The van der Waals surface area contributed by atoms with Gasteiger partial charge in [0.15, 0.2) is 0 Å². The lowest BCUT2D eigenvalue weighted by Gasteiger charge is -2.01. The topological polar surface area (TPSA) is 64.3 Å². The van der Waals surface area contributed by atoms with Crippen LogP contribution in [-0.4, -0.2) is 27.7 Å². The second kappa shape index (κ2) is 4.45. The molecule has 5 heteroatoms. The van der Waals surface area contributed by atoms with Gasteiger partial charge in [-0.1, -0.05) is 0 Å². The van der Waals surface area contributed by atoms with Crippen molar-refractivity contribution in [1.82, 2.24) is 9.55 Å². The average molecular weight is 234 g/mol. The third-order valence-electron chi connectivity index (χ3n) is 2.74. The van der Waals surface area contributed by atoms with Crippen LogP contribution in [0.1, 0.15) is 12.2 Å². The van der Waals surface area contributed by atoms with E-state index in [1.807, 2.05) is 29.8 Å². The standard InChI is InChI=1S/C12H14N2O3/c1-14-10-7-8(17-2)3-4-9(10)13-11(14)5-6-12(15)16/h3-4,7H,5-6H2,1-2H3,(H,15,16). The minimum absolute atomic E-state index is 0.0916. The van der Waals surface area contributed by atoms with E-state index in [9.17, 15) is 4.79 Å². The number of imidazole rings is 1. The molecule has 90 valence electrons. The second-order valence-electron chi connectivity index (χ2n) is 3.84. The molecule has 1 aromatic carbocycles. The summed E-state index contributed by atoms with van der Waals surface area (Å²) in [6.45, 7) is 0. The number of aryl methyl sites for hydroxylation is 2. The molecule has 0 fully saturated rings. The number of aliphatic carboxylic acids is 1. The lowest BCUT2D eigenvalue weighted by Crippen LogP contribution is -2.03. The molecule has 5 nitrogen and oxygen atoms in total. The minimum atomic E-state index is -0.811. The molecule has 1 N–H and O–H groups in total. The predicted molar refractivity (Wildman–Crippen MR) is 63.2 cm³/mol. The van der Waals surface area contributed by atoms with Crippen LogP contribution in [0.4, 0.5) is 0 Å². The van der Waals surface area contributed by atoms with E-state index >= 15 is 0 Å². The second-order valence-corrected chi connectivity index (χ2v) is 3.84. The highest BCUT2D eigenvalue weighted by Gasteiger charge is 2.09. The number of hydrogen-bond acceptors (Lipinski definition) is 3. The number of carboxylic acids is 1. The van der Waals surface area contributed by atoms with Gasteiger partial charge in [-0.25, -0.2) is 4.98 Å². The van der Waals surface area contributed by atoms with Crippen molar-refractivity contribution < 1.29 is 14.6 Å². The Morgan fingerprint density at radius 1 is 1.53 bits per heavy atom. The average Bonchev–Trinajstić information content (AvgIpc) is 2.63. The number of fused-ring (bicyclic) bond motifs is 1. The molecule has 1 aromatic heterocycles. The largest absolute Gasteiger partial charge is 0.497 e. The van der Waals surface area contributed by atoms with Crippen molar-refractivity contribution in [2.45, 2.75) is 12.8 Å². The third-order valence-corrected chi connectivity index (χ3v) is 2.74. The van der Waals surface area contributed by atoms with Crippen LogP contribution in [0, 0.1) is 0 Å². The van der Waals surface area contributed by atoms with E-state index in [0.717, 1.165) is 22.6 Å². The maximum Gasteiger partial charge on any atom is 0.303 e. The normalized spacial score (nSPS) is 10.7. The molecule has 0 unspecified atom stereocenters. The summed E-state index contributed by atoms with van der Waals surface area (Å²) in [6, 6.07) is 5.61. The smallest absolute Gasteiger partial charge is 0.303 e. The van der Waals surface area contributed by atoms with Crippen LogP contribution in [0.3, 0.4) is 0 Å². The van der Waals surface area contributed by atoms with Gasteiger partial charge < -0.3 is 14.4 Å². The molecule has 0 aliphatic heterocycles. The Kier molecular flexibility index (Phi) is 2.99. The fraction of sp³-hybridized carbons (Fsp3) is 0.333. The zero-order chi connectivity index (χ0) is 12.4. The molecule has 2 aromatic rings. The summed E-state index contributed by atoms with van der Waals surface area (Å²) >= 11 is 0. The quantitative estimate of drug-likeness (QED) is 0.872. The molecule has 0 bridgehead atoms. The van der Waals surface area contributed by atoms with Gasteiger partial charge >= 0.3 is 5.97 Å². The van der Waals surface area contributed by atoms with Gasteiger partial charge in [-0.3, -0.25) is 4.79 Å².